The Morgan fingerprint density at radius 3 is 2.65 bits per heavy atom. The van der Waals surface area contributed by atoms with Gasteiger partial charge >= 0.3 is 0 Å². The van der Waals surface area contributed by atoms with Crippen molar-refractivity contribution in [1.82, 2.24) is 15.1 Å². The highest BCUT2D eigenvalue weighted by Gasteiger charge is 2.39. The first-order valence-corrected chi connectivity index (χ1v) is 7.90. The van der Waals surface area contributed by atoms with E-state index < -0.39 is 0 Å². The van der Waals surface area contributed by atoms with E-state index in [9.17, 15) is 9.59 Å². The Labute approximate surface area is 121 Å². The van der Waals surface area contributed by atoms with Crippen LogP contribution in [0.15, 0.2) is 0 Å². The van der Waals surface area contributed by atoms with Crippen molar-refractivity contribution in [2.75, 3.05) is 26.2 Å². The van der Waals surface area contributed by atoms with Crippen LogP contribution in [0.25, 0.3) is 0 Å². The Kier molecular flexibility index (Phi) is 5.02. The molecular formula is C15H27N3O2. The second-order valence-corrected chi connectivity index (χ2v) is 6.06. The van der Waals surface area contributed by atoms with Crippen LogP contribution in [0, 0.1) is 5.92 Å². The Morgan fingerprint density at radius 2 is 2.05 bits per heavy atom. The van der Waals surface area contributed by atoms with E-state index in [0.717, 1.165) is 45.4 Å². The summed E-state index contributed by atoms with van der Waals surface area (Å²) >= 11 is 0. The first kappa shape index (κ1) is 15.3. The van der Waals surface area contributed by atoms with Crippen molar-refractivity contribution < 1.29 is 9.59 Å². The van der Waals surface area contributed by atoms with E-state index >= 15 is 0 Å². The van der Waals surface area contributed by atoms with E-state index in [-0.39, 0.29) is 23.9 Å². The molecule has 3 unspecified atom stereocenters. The number of carbonyl (C=O) groups excluding carboxylic acids is 2. The smallest absolute Gasteiger partial charge is 0.245 e. The number of piperazine rings is 1. The Hall–Kier alpha value is -1.10. The summed E-state index contributed by atoms with van der Waals surface area (Å²) in [7, 11) is 0. The van der Waals surface area contributed by atoms with Crippen LogP contribution >= 0.6 is 0 Å². The van der Waals surface area contributed by atoms with Crippen molar-refractivity contribution in [3.05, 3.63) is 0 Å². The zero-order chi connectivity index (χ0) is 14.7. The van der Waals surface area contributed by atoms with Gasteiger partial charge in [-0.25, -0.2) is 0 Å². The molecule has 5 nitrogen and oxygen atoms in total. The van der Waals surface area contributed by atoms with Crippen molar-refractivity contribution in [1.29, 1.82) is 0 Å². The molecule has 0 aromatic rings. The summed E-state index contributed by atoms with van der Waals surface area (Å²) in [5.41, 5.74) is 0. The second-order valence-electron chi connectivity index (χ2n) is 6.06. The van der Waals surface area contributed by atoms with E-state index in [1.54, 1.807) is 0 Å². The fourth-order valence-corrected chi connectivity index (χ4v) is 3.25. The van der Waals surface area contributed by atoms with Crippen LogP contribution in [0.1, 0.15) is 40.0 Å². The average molecular weight is 281 g/mol. The van der Waals surface area contributed by atoms with E-state index in [4.69, 9.17) is 0 Å². The summed E-state index contributed by atoms with van der Waals surface area (Å²) in [6, 6.07) is -0.640. The first-order valence-electron chi connectivity index (χ1n) is 7.90. The summed E-state index contributed by atoms with van der Waals surface area (Å²) in [6.45, 7) is 10.00. The normalized spacial score (nSPS) is 31.8. The predicted octanol–water partition coefficient (Wildman–Crippen LogP) is 0.844. The number of nitrogens with zero attached hydrogens (tertiary/aromatic N) is 2. The number of hydrogen-bond donors (Lipinski definition) is 1. The Bertz CT molecular complexity index is 372. The van der Waals surface area contributed by atoms with Crippen LogP contribution in [-0.4, -0.2) is 59.9 Å². The standard InChI is InChI=1S/C15H27N3O2/c1-4-6-13-15(20)18(11(3)14(19)16-13)10-12-7-8-17(5-2)9-12/h11-13H,4-10H2,1-3H3,(H,16,19). The van der Waals surface area contributed by atoms with Gasteiger partial charge in [0.25, 0.3) is 0 Å². The number of likely N-dealkylation sites (tertiary alicyclic amines) is 1. The lowest BCUT2D eigenvalue weighted by atomic mass is 10.0. The Morgan fingerprint density at radius 1 is 1.30 bits per heavy atom. The van der Waals surface area contributed by atoms with Gasteiger partial charge in [-0.15, -0.1) is 0 Å². The van der Waals surface area contributed by atoms with Gasteiger partial charge in [0.15, 0.2) is 0 Å². The Balaban J connectivity index is 2.00. The van der Waals surface area contributed by atoms with Gasteiger partial charge in [-0.2, -0.15) is 0 Å². The third-order valence-electron chi connectivity index (χ3n) is 4.59. The van der Waals surface area contributed by atoms with E-state index in [1.165, 1.54) is 0 Å². The highest BCUT2D eigenvalue weighted by atomic mass is 16.2. The topological polar surface area (TPSA) is 52.7 Å². The van der Waals surface area contributed by atoms with Crippen molar-refractivity contribution in [3.8, 4) is 0 Å². The van der Waals surface area contributed by atoms with E-state index in [1.807, 2.05) is 18.7 Å². The highest BCUT2D eigenvalue weighted by Crippen LogP contribution is 2.21. The third-order valence-corrected chi connectivity index (χ3v) is 4.59. The summed E-state index contributed by atoms with van der Waals surface area (Å²) in [6.07, 6.45) is 2.77. The molecule has 2 fully saturated rings. The molecule has 0 bridgehead atoms. The lowest BCUT2D eigenvalue weighted by Gasteiger charge is -2.38. The van der Waals surface area contributed by atoms with Crippen molar-refractivity contribution in [3.63, 3.8) is 0 Å². The molecular weight excluding hydrogens is 254 g/mol. The summed E-state index contributed by atoms with van der Waals surface area (Å²) in [4.78, 5) is 28.7. The van der Waals surface area contributed by atoms with Gasteiger partial charge in [0, 0.05) is 13.1 Å². The van der Waals surface area contributed by atoms with Crippen LogP contribution in [0.3, 0.4) is 0 Å². The minimum atomic E-state index is -0.328. The molecule has 5 heteroatoms. The number of rotatable bonds is 5. The van der Waals surface area contributed by atoms with Gasteiger partial charge in [-0.05, 0) is 38.8 Å². The fraction of sp³-hybridized carbons (Fsp3) is 0.867. The quantitative estimate of drug-likeness (QED) is 0.812. The van der Waals surface area contributed by atoms with Gasteiger partial charge in [0.2, 0.25) is 11.8 Å². The highest BCUT2D eigenvalue weighted by molar-refractivity contribution is 5.96. The summed E-state index contributed by atoms with van der Waals surface area (Å²) in [5, 5.41) is 2.85. The number of amides is 2. The second kappa shape index (κ2) is 6.57. The van der Waals surface area contributed by atoms with Crippen LogP contribution < -0.4 is 5.32 Å². The largest absolute Gasteiger partial charge is 0.343 e. The minimum Gasteiger partial charge on any atom is -0.343 e. The maximum absolute atomic E-state index is 12.5. The van der Waals surface area contributed by atoms with E-state index in [2.05, 4.69) is 17.1 Å². The number of hydrogen-bond acceptors (Lipinski definition) is 3. The molecule has 114 valence electrons. The van der Waals surface area contributed by atoms with Crippen LogP contribution in [-0.2, 0) is 9.59 Å². The molecule has 0 spiro atoms. The molecule has 0 aromatic carbocycles. The zero-order valence-corrected chi connectivity index (χ0v) is 12.9. The van der Waals surface area contributed by atoms with Crippen molar-refractivity contribution in [2.24, 2.45) is 5.92 Å². The molecule has 0 saturated carbocycles. The SMILES string of the molecule is CCCC1NC(=O)C(C)N(CC2CCN(CC)C2)C1=O. The predicted molar refractivity (Wildman–Crippen MR) is 78.2 cm³/mol. The van der Waals surface area contributed by atoms with Gasteiger partial charge in [-0.1, -0.05) is 20.3 Å². The summed E-state index contributed by atoms with van der Waals surface area (Å²) in [5.74, 6) is 0.608. The molecule has 2 amide bonds. The molecule has 20 heavy (non-hydrogen) atoms. The monoisotopic (exact) mass is 281 g/mol. The molecule has 0 aromatic heterocycles. The van der Waals surface area contributed by atoms with Gasteiger partial charge in [0.1, 0.15) is 12.1 Å². The molecule has 0 radical (unpaired) electrons. The molecule has 2 rings (SSSR count). The van der Waals surface area contributed by atoms with Crippen LogP contribution in [0.2, 0.25) is 0 Å². The van der Waals surface area contributed by atoms with Crippen LogP contribution in [0.5, 0.6) is 0 Å². The van der Waals surface area contributed by atoms with E-state index in [0.29, 0.717) is 5.92 Å². The minimum absolute atomic E-state index is 0.00612. The maximum Gasteiger partial charge on any atom is 0.245 e. The molecule has 0 aliphatic carbocycles. The molecule has 2 heterocycles. The number of nitrogens with one attached hydrogen (secondary N) is 1. The summed E-state index contributed by atoms with van der Waals surface area (Å²) < 4.78 is 0. The molecule has 1 N–H and O–H groups in total. The fourth-order valence-electron chi connectivity index (χ4n) is 3.25. The first-order chi connectivity index (χ1) is 9.56. The van der Waals surface area contributed by atoms with Crippen molar-refractivity contribution in [2.45, 2.75) is 52.1 Å². The van der Waals surface area contributed by atoms with Gasteiger partial charge in [0.05, 0.1) is 0 Å². The average Bonchev–Trinajstić information content (AvgIpc) is 2.89. The molecule has 2 aliphatic heterocycles. The third kappa shape index (κ3) is 3.14. The molecule has 2 aliphatic rings. The van der Waals surface area contributed by atoms with Crippen molar-refractivity contribution >= 4 is 11.8 Å². The molecule has 3 atom stereocenters. The zero-order valence-electron chi connectivity index (χ0n) is 12.9. The molecule has 2 saturated heterocycles. The van der Waals surface area contributed by atoms with Gasteiger partial charge in [-0.3, -0.25) is 9.59 Å². The lowest BCUT2D eigenvalue weighted by Crippen LogP contribution is -2.63. The lowest BCUT2D eigenvalue weighted by molar-refractivity contribution is -0.149. The number of carbonyl (C=O) groups is 2. The van der Waals surface area contributed by atoms with Gasteiger partial charge < -0.3 is 15.1 Å². The maximum atomic E-state index is 12.5. The van der Waals surface area contributed by atoms with Crippen LogP contribution in [0.4, 0.5) is 0 Å².